The third-order valence-corrected chi connectivity index (χ3v) is 7.64. The van der Waals surface area contributed by atoms with Crippen molar-refractivity contribution in [2.75, 3.05) is 0 Å². The molecular weight excluding hydrogens is 316 g/mol. The molecule has 2 heteroatoms. The Hall–Kier alpha value is -0.0800. The molecule has 26 heavy (non-hydrogen) atoms. The van der Waals surface area contributed by atoms with Crippen LogP contribution in [0.25, 0.3) is 0 Å². The van der Waals surface area contributed by atoms with Crippen LogP contribution in [-0.4, -0.2) is 29.1 Å². The minimum absolute atomic E-state index is 0.536. The van der Waals surface area contributed by atoms with Gasteiger partial charge in [0, 0.05) is 24.2 Å². The summed E-state index contributed by atoms with van der Waals surface area (Å²) < 4.78 is 0. The van der Waals surface area contributed by atoms with Crippen LogP contribution < -0.4 is 5.73 Å². The lowest BCUT2D eigenvalue weighted by Gasteiger charge is -2.47. The second-order valence-electron chi connectivity index (χ2n) is 9.72. The van der Waals surface area contributed by atoms with Crippen LogP contribution in [0.2, 0.25) is 0 Å². The number of nitrogens with two attached hydrogens (primary N) is 1. The van der Waals surface area contributed by atoms with Gasteiger partial charge in [-0.3, -0.25) is 4.90 Å². The van der Waals surface area contributed by atoms with Crippen molar-refractivity contribution < 1.29 is 0 Å². The molecule has 2 nitrogen and oxygen atoms in total. The van der Waals surface area contributed by atoms with E-state index >= 15 is 0 Å². The van der Waals surface area contributed by atoms with E-state index < -0.39 is 0 Å². The molecule has 2 N–H and O–H groups in total. The van der Waals surface area contributed by atoms with Crippen LogP contribution in [0.1, 0.15) is 128 Å². The van der Waals surface area contributed by atoms with Crippen molar-refractivity contribution in [2.24, 2.45) is 5.73 Å². The Kier molecular flexibility index (Phi) is 9.29. The van der Waals surface area contributed by atoms with Crippen molar-refractivity contribution in [3.05, 3.63) is 0 Å². The summed E-state index contributed by atoms with van der Waals surface area (Å²) in [6.45, 7) is 0. The van der Waals surface area contributed by atoms with Crippen molar-refractivity contribution in [1.29, 1.82) is 0 Å². The summed E-state index contributed by atoms with van der Waals surface area (Å²) >= 11 is 0. The number of hydrogen-bond donors (Lipinski definition) is 1. The predicted molar refractivity (Wildman–Crippen MR) is 114 cm³/mol. The zero-order valence-electron chi connectivity index (χ0n) is 17.5. The molecular formula is C24H46N2. The lowest BCUT2D eigenvalue weighted by molar-refractivity contribution is 0.0221. The van der Waals surface area contributed by atoms with Gasteiger partial charge in [0.05, 0.1) is 0 Å². The largest absolute Gasteiger partial charge is 0.328 e. The highest BCUT2D eigenvalue weighted by Crippen LogP contribution is 2.35. The van der Waals surface area contributed by atoms with Crippen LogP contribution in [0.3, 0.4) is 0 Å². The average molecular weight is 363 g/mol. The monoisotopic (exact) mass is 362 g/mol. The maximum Gasteiger partial charge on any atom is 0.0101 e. The summed E-state index contributed by atoms with van der Waals surface area (Å²) in [7, 11) is 0. The molecule has 4 saturated carbocycles. The Balaban J connectivity index is 0.000000236. The quantitative estimate of drug-likeness (QED) is 0.615. The molecule has 0 heterocycles. The molecule has 4 fully saturated rings. The highest BCUT2D eigenvalue weighted by Gasteiger charge is 2.34. The second-order valence-corrected chi connectivity index (χ2v) is 9.72. The van der Waals surface area contributed by atoms with Gasteiger partial charge in [-0.2, -0.15) is 0 Å². The molecule has 0 radical (unpaired) electrons. The van der Waals surface area contributed by atoms with Gasteiger partial charge in [0.15, 0.2) is 0 Å². The Morgan fingerprint density at radius 3 is 0.885 bits per heavy atom. The van der Waals surface area contributed by atoms with E-state index in [4.69, 9.17) is 5.73 Å². The van der Waals surface area contributed by atoms with Crippen LogP contribution >= 0.6 is 0 Å². The summed E-state index contributed by atoms with van der Waals surface area (Å²) in [5.74, 6) is 0. The summed E-state index contributed by atoms with van der Waals surface area (Å²) in [6, 6.07) is 3.41. The van der Waals surface area contributed by atoms with Gasteiger partial charge in [-0.05, 0) is 51.4 Å². The van der Waals surface area contributed by atoms with Crippen LogP contribution in [0.4, 0.5) is 0 Å². The number of nitrogens with zero attached hydrogens (tertiary/aromatic N) is 1. The van der Waals surface area contributed by atoms with E-state index in [1.54, 1.807) is 0 Å². The molecule has 4 aliphatic rings. The van der Waals surface area contributed by atoms with Gasteiger partial charge in [-0.15, -0.1) is 0 Å². The lowest BCUT2D eigenvalue weighted by Crippen LogP contribution is -2.51. The zero-order valence-corrected chi connectivity index (χ0v) is 17.5. The first-order chi connectivity index (χ1) is 12.8. The second kappa shape index (κ2) is 11.7. The standard InChI is InChI=1S/C18H33N.C6H13N/c1-4-10-16(11-5-1)19(17-12-6-2-7-13-17)18-14-8-3-9-15-18;7-6-4-2-1-3-5-6/h16-18H,1-15H2;6H,1-5,7H2. The van der Waals surface area contributed by atoms with Crippen molar-refractivity contribution in [3.63, 3.8) is 0 Å². The molecule has 0 saturated heterocycles. The van der Waals surface area contributed by atoms with E-state index in [9.17, 15) is 0 Å². The molecule has 0 bridgehead atoms. The highest BCUT2D eigenvalue weighted by molar-refractivity contribution is 4.89. The average Bonchev–Trinajstić information content (AvgIpc) is 2.72. The Labute approximate surface area is 163 Å². The Bertz CT molecular complexity index is 302. The molecule has 0 aromatic heterocycles. The third kappa shape index (κ3) is 6.51. The SMILES string of the molecule is C1CCC(N(C2CCCCC2)C2CCCCC2)CC1.NC1CCCCC1. The Morgan fingerprint density at radius 1 is 0.385 bits per heavy atom. The first-order valence-electron chi connectivity index (χ1n) is 12.4. The summed E-state index contributed by atoms with van der Waals surface area (Å²) in [5.41, 5.74) is 5.63. The van der Waals surface area contributed by atoms with Crippen molar-refractivity contribution in [1.82, 2.24) is 4.90 Å². The summed E-state index contributed by atoms with van der Waals surface area (Å²) in [4.78, 5) is 3.08. The van der Waals surface area contributed by atoms with E-state index in [1.807, 2.05) is 0 Å². The first kappa shape index (κ1) is 20.6. The number of rotatable bonds is 3. The summed E-state index contributed by atoms with van der Waals surface area (Å²) in [6.07, 6.45) is 29.2. The van der Waals surface area contributed by atoms with Crippen LogP contribution in [0.5, 0.6) is 0 Å². The minimum atomic E-state index is 0.536. The van der Waals surface area contributed by atoms with Gasteiger partial charge in [-0.1, -0.05) is 77.0 Å². The van der Waals surface area contributed by atoms with Crippen LogP contribution in [0, 0.1) is 0 Å². The Morgan fingerprint density at radius 2 is 0.654 bits per heavy atom. The lowest BCUT2D eigenvalue weighted by atomic mass is 9.84. The van der Waals surface area contributed by atoms with Crippen molar-refractivity contribution in [2.45, 2.75) is 153 Å². The zero-order chi connectivity index (χ0) is 18.0. The molecule has 0 aromatic carbocycles. The van der Waals surface area contributed by atoms with Crippen LogP contribution in [-0.2, 0) is 0 Å². The fourth-order valence-corrected chi connectivity index (χ4v) is 6.17. The van der Waals surface area contributed by atoms with E-state index in [0.29, 0.717) is 6.04 Å². The fourth-order valence-electron chi connectivity index (χ4n) is 6.17. The fraction of sp³-hybridized carbons (Fsp3) is 1.00. The van der Waals surface area contributed by atoms with Gasteiger partial charge in [0.2, 0.25) is 0 Å². The molecule has 4 rings (SSSR count). The first-order valence-corrected chi connectivity index (χ1v) is 12.4. The maximum absolute atomic E-state index is 5.63. The molecule has 0 amide bonds. The summed E-state index contributed by atoms with van der Waals surface area (Å²) in [5, 5.41) is 0. The molecule has 0 atom stereocenters. The van der Waals surface area contributed by atoms with Gasteiger partial charge < -0.3 is 5.73 Å². The molecule has 0 aliphatic heterocycles. The topological polar surface area (TPSA) is 29.3 Å². The smallest absolute Gasteiger partial charge is 0.0101 e. The third-order valence-electron chi connectivity index (χ3n) is 7.64. The minimum Gasteiger partial charge on any atom is -0.328 e. The normalized spacial score (nSPS) is 27.9. The predicted octanol–water partition coefficient (Wildman–Crippen LogP) is 6.56. The van der Waals surface area contributed by atoms with Crippen LogP contribution in [0.15, 0.2) is 0 Å². The van der Waals surface area contributed by atoms with Gasteiger partial charge in [0.25, 0.3) is 0 Å². The van der Waals surface area contributed by atoms with Gasteiger partial charge in [0.1, 0.15) is 0 Å². The van der Waals surface area contributed by atoms with E-state index in [1.165, 1.54) is 128 Å². The van der Waals surface area contributed by atoms with Gasteiger partial charge in [-0.25, -0.2) is 0 Å². The van der Waals surface area contributed by atoms with E-state index in [-0.39, 0.29) is 0 Å². The van der Waals surface area contributed by atoms with E-state index in [2.05, 4.69) is 4.90 Å². The van der Waals surface area contributed by atoms with E-state index in [0.717, 1.165) is 18.1 Å². The van der Waals surface area contributed by atoms with Crippen molar-refractivity contribution in [3.8, 4) is 0 Å². The molecule has 0 spiro atoms. The maximum atomic E-state index is 5.63. The van der Waals surface area contributed by atoms with Crippen molar-refractivity contribution >= 4 is 0 Å². The molecule has 4 aliphatic carbocycles. The highest BCUT2D eigenvalue weighted by atomic mass is 15.2. The van der Waals surface area contributed by atoms with Gasteiger partial charge >= 0.3 is 0 Å². The molecule has 0 aromatic rings. The molecule has 152 valence electrons. The molecule has 0 unspecified atom stereocenters. The number of hydrogen-bond acceptors (Lipinski definition) is 2.